The Kier molecular flexibility index (Phi) is 5.24. The minimum atomic E-state index is -3.67. The van der Waals surface area contributed by atoms with Crippen molar-refractivity contribution < 1.29 is 17.9 Å². The number of hydrogen-bond acceptors (Lipinski definition) is 5. The number of rotatable bonds is 6. The van der Waals surface area contributed by atoms with Crippen LogP contribution in [0.15, 0.2) is 41.4 Å². The number of methoxy groups -OCH3 is 1. The van der Waals surface area contributed by atoms with Gasteiger partial charge >= 0.3 is 0 Å². The molecule has 3 rings (SSSR count). The number of nitrogens with one attached hydrogen (secondary N) is 1. The summed E-state index contributed by atoms with van der Waals surface area (Å²) in [5.41, 5.74) is 2.07. The van der Waals surface area contributed by atoms with Crippen molar-refractivity contribution in [3.05, 3.63) is 47.7 Å². The second-order valence-electron chi connectivity index (χ2n) is 6.13. The molecule has 0 atom stereocenters. The van der Waals surface area contributed by atoms with Crippen LogP contribution in [0, 0.1) is 6.92 Å². The summed E-state index contributed by atoms with van der Waals surface area (Å²) in [4.78, 5) is 17.8. The standard InChI is InChI=1S/C18H21N3O4S/c1-13-10-15(21-9-3-4-18(21)22)6-7-16(13)26(23,24)20-12-14-5-8-17(25-2)19-11-14/h5-8,10-11,20H,3-4,9,12H2,1-2H3. The summed E-state index contributed by atoms with van der Waals surface area (Å²) in [6.07, 6.45) is 2.93. The van der Waals surface area contributed by atoms with Crippen molar-refractivity contribution in [3.8, 4) is 5.88 Å². The molecule has 1 saturated heterocycles. The highest BCUT2D eigenvalue weighted by atomic mass is 32.2. The van der Waals surface area contributed by atoms with E-state index in [0.29, 0.717) is 24.4 Å². The van der Waals surface area contributed by atoms with E-state index in [1.165, 1.54) is 7.11 Å². The third-order valence-electron chi connectivity index (χ3n) is 4.31. The Morgan fingerprint density at radius 3 is 2.65 bits per heavy atom. The SMILES string of the molecule is COc1ccc(CNS(=O)(=O)c2ccc(N3CCCC3=O)cc2C)cn1. The molecule has 0 aliphatic carbocycles. The van der Waals surface area contributed by atoms with E-state index in [1.54, 1.807) is 48.4 Å². The first kappa shape index (κ1) is 18.3. The van der Waals surface area contributed by atoms with Crippen LogP contribution in [-0.4, -0.2) is 33.0 Å². The summed E-state index contributed by atoms with van der Waals surface area (Å²) in [6, 6.07) is 8.40. The molecule has 0 radical (unpaired) electrons. The minimum Gasteiger partial charge on any atom is -0.481 e. The van der Waals surface area contributed by atoms with Crippen molar-refractivity contribution in [2.45, 2.75) is 31.2 Å². The van der Waals surface area contributed by atoms with E-state index in [0.717, 1.165) is 17.7 Å². The lowest BCUT2D eigenvalue weighted by molar-refractivity contribution is -0.117. The molecule has 1 N–H and O–H groups in total. The minimum absolute atomic E-state index is 0.0742. The zero-order valence-corrected chi connectivity index (χ0v) is 15.5. The average molecular weight is 375 g/mol. The lowest BCUT2D eigenvalue weighted by Crippen LogP contribution is -2.26. The normalized spacial score (nSPS) is 14.7. The van der Waals surface area contributed by atoms with Gasteiger partial charge in [-0.3, -0.25) is 4.79 Å². The van der Waals surface area contributed by atoms with Crippen molar-refractivity contribution in [1.29, 1.82) is 0 Å². The Balaban J connectivity index is 1.74. The smallest absolute Gasteiger partial charge is 0.241 e. The van der Waals surface area contributed by atoms with Crippen LogP contribution in [0.25, 0.3) is 0 Å². The molecular formula is C18H21N3O4S. The van der Waals surface area contributed by atoms with E-state index < -0.39 is 10.0 Å². The number of anilines is 1. The molecule has 1 aromatic carbocycles. The highest BCUT2D eigenvalue weighted by Gasteiger charge is 2.23. The van der Waals surface area contributed by atoms with Crippen molar-refractivity contribution in [1.82, 2.24) is 9.71 Å². The van der Waals surface area contributed by atoms with Gasteiger partial charge < -0.3 is 9.64 Å². The van der Waals surface area contributed by atoms with Crippen LogP contribution in [0.1, 0.15) is 24.0 Å². The van der Waals surface area contributed by atoms with Gasteiger partial charge in [0.15, 0.2) is 0 Å². The summed E-state index contributed by atoms with van der Waals surface area (Å²) >= 11 is 0. The van der Waals surface area contributed by atoms with Crippen molar-refractivity contribution in [2.24, 2.45) is 0 Å². The second kappa shape index (κ2) is 7.43. The Bertz CT molecular complexity index is 911. The molecule has 0 spiro atoms. The molecule has 2 aromatic rings. The molecule has 1 aliphatic heterocycles. The molecule has 26 heavy (non-hydrogen) atoms. The van der Waals surface area contributed by atoms with E-state index in [4.69, 9.17) is 4.74 Å². The Morgan fingerprint density at radius 2 is 2.08 bits per heavy atom. The van der Waals surface area contributed by atoms with Crippen molar-refractivity contribution in [2.75, 3.05) is 18.6 Å². The summed E-state index contributed by atoms with van der Waals surface area (Å²) in [7, 11) is -2.15. The first-order valence-electron chi connectivity index (χ1n) is 8.30. The number of benzene rings is 1. The van der Waals surface area contributed by atoms with E-state index in [9.17, 15) is 13.2 Å². The molecule has 0 bridgehead atoms. The van der Waals surface area contributed by atoms with Crippen LogP contribution < -0.4 is 14.4 Å². The predicted molar refractivity (Wildman–Crippen MR) is 97.6 cm³/mol. The molecule has 138 valence electrons. The van der Waals surface area contributed by atoms with Gasteiger partial charge in [0.05, 0.1) is 12.0 Å². The second-order valence-corrected chi connectivity index (χ2v) is 7.87. The Morgan fingerprint density at radius 1 is 1.27 bits per heavy atom. The molecule has 0 saturated carbocycles. The molecular weight excluding hydrogens is 354 g/mol. The van der Waals surface area contributed by atoms with Gasteiger partial charge in [0.2, 0.25) is 21.8 Å². The first-order chi connectivity index (χ1) is 12.4. The summed E-state index contributed by atoms with van der Waals surface area (Å²) in [5.74, 6) is 0.546. The monoisotopic (exact) mass is 375 g/mol. The van der Waals surface area contributed by atoms with E-state index >= 15 is 0 Å². The van der Waals surface area contributed by atoms with Gasteiger partial charge in [-0.25, -0.2) is 18.1 Å². The lowest BCUT2D eigenvalue weighted by Gasteiger charge is -2.17. The van der Waals surface area contributed by atoms with Gasteiger partial charge in [-0.05, 0) is 42.7 Å². The molecule has 2 heterocycles. The van der Waals surface area contributed by atoms with E-state index in [-0.39, 0.29) is 17.3 Å². The largest absolute Gasteiger partial charge is 0.481 e. The fourth-order valence-corrected chi connectivity index (χ4v) is 4.16. The average Bonchev–Trinajstić information content (AvgIpc) is 3.06. The molecule has 7 nitrogen and oxygen atoms in total. The third-order valence-corrected chi connectivity index (χ3v) is 5.87. The molecule has 1 aromatic heterocycles. The number of ether oxygens (including phenoxy) is 1. The number of nitrogens with zero attached hydrogens (tertiary/aromatic N) is 2. The van der Waals surface area contributed by atoms with Crippen LogP contribution >= 0.6 is 0 Å². The van der Waals surface area contributed by atoms with Gasteiger partial charge in [-0.1, -0.05) is 6.07 Å². The fourth-order valence-electron chi connectivity index (χ4n) is 2.92. The predicted octanol–water partition coefficient (Wildman–Crippen LogP) is 2.00. The maximum Gasteiger partial charge on any atom is 0.241 e. The molecule has 1 aliphatic rings. The number of carbonyl (C=O) groups is 1. The van der Waals surface area contributed by atoms with E-state index in [1.807, 2.05) is 0 Å². The summed E-state index contributed by atoms with van der Waals surface area (Å²) in [6.45, 7) is 2.53. The molecule has 1 amide bonds. The van der Waals surface area contributed by atoms with Crippen molar-refractivity contribution in [3.63, 3.8) is 0 Å². The number of aryl methyl sites for hydroxylation is 1. The van der Waals surface area contributed by atoms with Gasteiger partial charge in [0.1, 0.15) is 0 Å². The van der Waals surface area contributed by atoms with Crippen LogP contribution in [0.3, 0.4) is 0 Å². The van der Waals surface area contributed by atoms with Gasteiger partial charge in [0, 0.05) is 37.5 Å². The van der Waals surface area contributed by atoms with Gasteiger partial charge in [-0.15, -0.1) is 0 Å². The highest BCUT2D eigenvalue weighted by molar-refractivity contribution is 7.89. The highest BCUT2D eigenvalue weighted by Crippen LogP contribution is 2.26. The topological polar surface area (TPSA) is 88.6 Å². The van der Waals surface area contributed by atoms with Crippen LogP contribution in [0.5, 0.6) is 5.88 Å². The first-order valence-corrected chi connectivity index (χ1v) is 9.78. The van der Waals surface area contributed by atoms with Gasteiger partial charge in [-0.2, -0.15) is 0 Å². The molecule has 8 heteroatoms. The van der Waals surface area contributed by atoms with Crippen LogP contribution in [0.4, 0.5) is 5.69 Å². The zero-order valence-electron chi connectivity index (χ0n) is 14.7. The van der Waals surface area contributed by atoms with Crippen molar-refractivity contribution >= 4 is 21.6 Å². The number of sulfonamides is 1. The maximum absolute atomic E-state index is 12.6. The molecule has 0 unspecified atom stereocenters. The number of pyridine rings is 1. The molecule has 1 fully saturated rings. The fraction of sp³-hybridized carbons (Fsp3) is 0.333. The third kappa shape index (κ3) is 3.86. The Hall–Kier alpha value is -2.45. The number of aromatic nitrogens is 1. The number of amides is 1. The quantitative estimate of drug-likeness (QED) is 0.834. The number of hydrogen-bond donors (Lipinski definition) is 1. The van der Waals surface area contributed by atoms with Crippen LogP contribution in [-0.2, 0) is 21.4 Å². The van der Waals surface area contributed by atoms with Gasteiger partial charge in [0.25, 0.3) is 0 Å². The Labute approximate surface area is 153 Å². The van der Waals surface area contributed by atoms with Crippen LogP contribution in [0.2, 0.25) is 0 Å². The maximum atomic E-state index is 12.6. The van der Waals surface area contributed by atoms with E-state index in [2.05, 4.69) is 9.71 Å². The lowest BCUT2D eigenvalue weighted by atomic mass is 10.2. The summed E-state index contributed by atoms with van der Waals surface area (Å²) in [5, 5.41) is 0. The summed E-state index contributed by atoms with van der Waals surface area (Å²) < 4.78 is 32.8. The zero-order chi connectivity index (χ0) is 18.7. The number of carbonyl (C=O) groups excluding carboxylic acids is 1.